The number of carbonyl (C=O) groups is 1. The number of nitrogens with zero attached hydrogens (tertiary/aromatic N) is 2. The molecule has 28 heavy (non-hydrogen) atoms. The summed E-state index contributed by atoms with van der Waals surface area (Å²) in [4.78, 5) is 14.5. The highest BCUT2D eigenvalue weighted by Crippen LogP contribution is 2.29. The lowest BCUT2D eigenvalue weighted by atomic mass is 10.2. The summed E-state index contributed by atoms with van der Waals surface area (Å²) in [7, 11) is 0. The molecule has 1 aliphatic rings. The van der Waals surface area contributed by atoms with Gasteiger partial charge in [0.2, 0.25) is 0 Å². The zero-order valence-corrected chi connectivity index (χ0v) is 15.3. The number of nitrogens with one attached hydrogen (secondary N) is 1. The topological polar surface area (TPSA) is 37.3 Å². The number of amides is 2. The van der Waals surface area contributed by atoms with E-state index in [1.807, 2.05) is 36.5 Å². The van der Waals surface area contributed by atoms with E-state index in [9.17, 15) is 13.6 Å². The van der Waals surface area contributed by atoms with Crippen LogP contribution in [0.2, 0.25) is 0 Å². The van der Waals surface area contributed by atoms with Crippen LogP contribution in [-0.4, -0.2) is 21.5 Å². The van der Waals surface area contributed by atoms with E-state index in [0.29, 0.717) is 6.54 Å². The molecule has 0 radical (unpaired) electrons. The summed E-state index contributed by atoms with van der Waals surface area (Å²) in [5, 5.41) is 2.68. The summed E-state index contributed by atoms with van der Waals surface area (Å²) >= 11 is 0. The van der Waals surface area contributed by atoms with Crippen molar-refractivity contribution in [3.63, 3.8) is 0 Å². The van der Waals surface area contributed by atoms with Gasteiger partial charge in [0, 0.05) is 36.2 Å². The van der Waals surface area contributed by atoms with Crippen molar-refractivity contribution in [3.8, 4) is 0 Å². The van der Waals surface area contributed by atoms with Gasteiger partial charge in [0.05, 0.1) is 6.54 Å². The van der Waals surface area contributed by atoms with Crippen molar-refractivity contribution in [3.05, 3.63) is 89.8 Å². The third kappa shape index (κ3) is 4.22. The molecule has 0 atom stereocenters. The minimum Gasteiger partial charge on any atom is -0.345 e. The number of aromatic nitrogens is 1. The van der Waals surface area contributed by atoms with Gasteiger partial charge in [-0.2, -0.15) is 0 Å². The average Bonchev–Trinajstić information content (AvgIpc) is 3.44. The minimum absolute atomic E-state index is 0.172. The van der Waals surface area contributed by atoms with Crippen LogP contribution >= 0.6 is 0 Å². The maximum atomic E-state index is 13.4. The Labute approximate surface area is 162 Å². The molecule has 0 bridgehead atoms. The zero-order chi connectivity index (χ0) is 19.5. The molecule has 0 aliphatic heterocycles. The Morgan fingerprint density at radius 1 is 1.04 bits per heavy atom. The van der Waals surface area contributed by atoms with Crippen LogP contribution in [0.5, 0.6) is 0 Å². The number of rotatable bonds is 6. The number of carbonyl (C=O) groups excluding carboxylic acids is 1. The van der Waals surface area contributed by atoms with Crippen LogP contribution < -0.4 is 5.32 Å². The lowest BCUT2D eigenvalue weighted by Crippen LogP contribution is -2.36. The van der Waals surface area contributed by atoms with Crippen LogP contribution in [0.3, 0.4) is 0 Å². The lowest BCUT2D eigenvalue weighted by Gasteiger charge is -2.24. The van der Waals surface area contributed by atoms with Gasteiger partial charge in [0.25, 0.3) is 0 Å². The van der Waals surface area contributed by atoms with Gasteiger partial charge >= 0.3 is 6.03 Å². The van der Waals surface area contributed by atoms with Gasteiger partial charge in [0.15, 0.2) is 11.6 Å². The number of hydrogen-bond donors (Lipinski definition) is 1. The first kappa shape index (κ1) is 18.2. The SMILES string of the molecule is O=C(Nc1ccc(F)c(F)c1)N(Cc1cccn1Cc1ccccc1)C1CC1. The molecule has 4 rings (SSSR count). The summed E-state index contributed by atoms with van der Waals surface area (Å²) in [6.45, 7) is 1.19. The molecular weight excluding hydrogens is 360 g/mol. The van der Waals surface area contributed by atoms with E-state index < -0.39 is 11.6 Å². The standard InChI is InChI=1S/C22H21F2N3O/c23-20-11-8-17(13-21(20)24)25-22(28)27(18-9-10-18)15-19-7-4-12-26(19)14-16-5-2-1-3-6-16/h1-8,11-13,18H,9-10,14-15H2,(H,25,28). The fourth-order valence-electron chi connectivity index (χ4n) is 3.22. The maximum absolute atomic E-state index is 13.4. The van der Waals surface area contributed by atoms with Crippen LogP contribution in [0.4, 0.5) is 19.3 Å². The average molecular weight is 381 g/mol. The predicted octanol–water partition coefficient (Wildman–Crippen LogP) is 5.01. The molecule has 3 aromatic rings. The van der Waals surface area contributed by atoms with Crippen molar-refractivity contribution in [1.82, 2.24) is 9.47 Å². The number of urea groups is 1. The first-order valence-electron chi connectivity index (χ1n) is 9.31. The van der Waals surface area contributed by atoms with E-state index in [1.165, 1.54) is 11.6 Å². The van der Waals surface area contributed by atoms with Gasteiger partial charge in [-0.05, 0) is 42.7 Å². The van der Waals surface area contributed by atoms with Crippen molar-refractivity contribution < 1.29 is 13.6 Å². The molecular formula is C22H21F2N3O. The van der Waals surface area contributed by atoms with Crippen molar-refractivity contribution in [2.45, 2.75) is 32.0 Å². The molecule has 1 heterocycles. The molecule has 1 fully saturated rings. The number of anilines is 1. The molecule has 2 aromatic carbocycles. The molecule has 144 valence electrons. The quantitative estimate of drug-likeness (QED) is 0.640. The monoisotopic (exact) mass is 381 g/mol. The Balaban J connectivity index is 1.48. The van der Waals surface area contributed by atoms with Crippen LogP contribution in [0.25, 0.3) is 0 Å². The van der Waals surface area contributed by atoms with Gasteiger partial charge in [0.1, 0.15) is 0 Å². The summed E-state index contributed by atoms with van der Waals surface area (Å²) < 4.78 is 28.7. The van der Waals surface area contributed by atoms with Gasteiger partial charge in [-0.1, -0.05) is 30.3 Å². The van der Waals surface area contributed by atoms with Crippen molar-refractivity contribution >= 4 is 11.7 Å². The van der Waals surface area contributed by atoms with Crippen LogP contribution in [-0.2, 0) is 13.1 Å². The molecule has 0 spiro atoms. The second-order valence-corrected chi connectivity index (χ2v) is 7.03. The second kappa shape index (κ2) is 7.84. The highest BCUT2D eigenvalue weighted by molar-refractivity contribution is 5.89. The second-order valence-electron chi connectivity index (χ2n) is 7.03. The first-order chi connectivity index (χ1) is 13.6. The normalized spacial score (nSPS) is 13.4. The summed E-state index contributed by atoms with van der Waals surface area (Å²) in [6.07, 6.45) is 3.90. The van der Waals surface area contributed by atoms with E-state index >= 15 is 0 Å². The Hall–Kier alpha value is -3.15. The van der Waals surface area contributed by atoms with E-state index in [2.05, 4.69) is 22.0 Å². The predicted molar refractivity (Wildman–Crippen MR) is 104 cm³/mol. The Morgan fingerprint density at radius 2 is 1.82 bits per heavy atom. The first-order valence-corrected chi connectivity index (χ1v) is 9.31. The molecule has 6 heteroatoms. The lowest BCUT2D eigenvalue weighted by molar-refractivity contribution is 0.204. The minimum atomic E-state index is -0.979. The molecule has 1 aromatic heterocycles. The Kier molecular flexibility index (Phi) is 5.10. The highest BCUT2D eigenvalue weighted by atomic mass is 19.2. The zero-order valence-electron chi connectivity index (χ0n) is 15.3. The molecule has 1 saturated carbocycles. The largest absolute Gasteiger partial charge is 0.345 e. The molecule has 2 amide bonds. The van der Waals surface area contributed by atoms with Gasteiger partial charge in [-0.25, -0.2) is 13.6 Å². The number of hydrogen-bond acceptors (Lipinski definition) is 1. The van der Waals surface area contributed by atoms with Crippen molar-refractivity contribution in [2.75, 3.05) is 5.32 Å². The summed E-state index contributed by atoms with van der Waals surface area (Å²) in [5.74, 6) is -1.91. The number of benzene rings is 2. The van der Waals surface area contributed by atoms with Crippen LogP contribution in [0, 0.1) is 11.6 Å². The Bertz CT molecular complexity index is 967. The fourth-order valence-corrected chi connectivity index (χ4v) is 3.22. The van der Waals surface area contributed by atoms with Crippen molar-refractivity contribution in [2.24, 2.45) is 0 Å². The molecule has 0 unspecified atom stereocenters. The van der Waals surface area contributed by atoms with Gasteiger partial charge in [-0.15, -0.1) is 0 Å². The highest BCUT2D eigenvalue weighted by Gasteiger charge is 2.33. The fraction of sp³-hybridized carbons (Fsp3) is 0.227. The molecule has 1 aliphatic carbocycles. The summed E-state index contributed by atoms with van der Waals surface area (Å²) in [6, 6.07) is 17.3. The van der Waals surface area contributed by atoms with Crippen molar-refractivity contribution in [1.29, 1.82) is 0 Å². The maximum Gasteiger partial charge on any atom is 0.322 e. The van der Waals surface area contributed by atoms with E-state index in [4.69, 9.17) is 0 Å². The van der Waals surface area contributed by atoms with E-state index in [1.54, 1.807) is 4.90 Å². The van der Waals surface area contributed by atoms with Gasteiger partial charge < -0.3 is 14.8 Å². The third-order valence-corrected chi connectivity index (χ3v) is 4.87. The van der Waals surface area contributed by atoms with Crippen LogP contribution in [0.15, 0.2) is 66.9 Å². The van der Waals surface area contributed by atoms with E-state index in [-0.39, 0.29) is 17.8 Å². The molecule has 0 saturated heterocycles. The Morgan fingerprint density at radius 3 is 2.54 bits per heavy atom. The van der Waals surface area contributed by atoms with Crippen LogP contribution in [0.1, 0.15) is 24.1 Å². The molecule has 4 nitrogen and oxygen atoms in total. The summed E-state index contributed by atoms with van der Waals surface area (Å²) in [5.41, 5.74) is 2.45. The molecule has 1 N–H and O–H groups in total. The third-order valence-electron chi connectivity index (χ3n) is 4.87. The smallest absolute Gasteiger partial charge is 0.322 e. The van der Waals surface area contributed by atoms with E-state index in [0.717, 1.165) is 37.2 Å². The van der Waals surface area contributed by atoms with Gasteiger partial charge in [-0.3, -0.25) is 0 Å². The number of halogens is 2.